The van der Waals surface area contributed by atoms with Gasteiger partial charge in [-0.25, -0.2) is 0 Å². The van der Waals surface area contributed by atoms with Gasteiger partial charge in [0.2, 0.25) is 0 Å². The van der Waals surface area contributed by atoms with E-state index in [1.165, 1.54) is 45.1 Å². The van der Waals surface area contributed by atoms with Crippen molar-refractivity contribution in [1.82, 2.24) is 5.32 Å². The summed E-state index contributed by atoms with van der Waals surface area (Å²) in [6, 6.07) is 0.703. The van der Waals surface area contributed by atoms with E-state index >= 15 is 0 Å². The molecule has 0 aliphatic heterocycles. The molecule has 0 aromatic rings. The van der Waals surface area contributed by atoms with Gasteiger partial charge in [-0.2, -0.15) is 0 Å². The molecule has 0 fully saturated rings. The number of hydrogen-bond acceptors (Lipinski definition) is 1. The molecule has 0 saturated heterocycles. The Morgan fingerprint density at radius 3 is 2.67 bits per heavy atom. The molecule has 0 bridgehead atoms. The van der Waals surface area contributed by atoms with Gasteiger partial charge in [-0.15, -0.1) is 0 Å². The van der Waals surface area contributed by atoms with Crippen LogP contribution >= 0.6 is 0 Å². The van der Waals surface area contributed by atoms with E-state index in [9.17, 15) is 0 Å². The van der Waals surface area contributed by atoms with Crippen LogP contribution in [-0.4, -0.2) is 12.6 Å². The summed E-state index contributed by atoms with van der Waals surface area (Å²) in [7, 11) is 0. The predicted octanol–water partition coefficient (Wildman–Crippen LogP) is 3.90. The van der Waals surface area contributed by atoms with E-state index < -0.39 is 0 Å². The molecular formula is C14H27N. The third-order valence-corrected chi connectivity index (χ3v) is 3.48. The molecule has 1 N–H and O–H groups in total. The molecule has 0 unspecified atom stereocenters. The SMILES string of the molecule is CC[C@@H](NCCC1=CCCCC1)C(C)C. The Morgan fingerprint density at radius 2 is 2.13 bits per heavy atom. The maximum atomic E-state index is 3.68. The summed E-state index contributed by atoms with van der Waals surface area (Å²) in [5, 5.41) is 3.68. The van der Waals surface area contributed by atoms with Crippen LogP contribution in [0.2, 0.25) is 0 Å². The molecule has 88 valence electrons. The molecule has 0 spiro atoms. The first kappa shape index (κ1) is 12.8. The van der Waals surface area contributed by atoms with Crippen LogP contribution in [0, 0.1) is 5.92 Å². The normalized spacial score (nSPS) is 19.1. The van der Waals surface area contributed by atoms with Crippen molar-refractivity contribution in [2.24, 2.45) is 5.92 Å². The van der Waals surface area contributed by atoms with Crippen LogP contribution in [0.15, 0.2) is 11.6 Å². The van der Waals surface area contributed by atoms with E-state index in [1.807, 2.05) is 0 Å². The van der Waals surface area contributed by atoms with Gasteiger partial charge in [-0.1, -0.05) is 32.4 Å². The van der Waals surface area contributed by atoms with Crippen LogP contribution in [0.4, 0.5) is 0 Å². The van der Waals surface area contributed by atoms with Crippen molar-refractivity contribution in [3.05, 3.63) is 11.6 Å². The van der Waals surface area contributed by atoms with Crippen molar-refractivity contribution in [2.45, 2.75) is 65.3 Å². The minimum atomic E-state index is 0.703. The molecule has 1 atom stereocenters. The van der Waals surface area contributed by atoms with Gasteiger partial charge in [-0.3, -0.25) is 0 Å². The Hall–Kier alpha value is -0.300. The lowest BCUT2D eigenvalue weighted by Crippen LogP contribution is -2.34. The molecule has 15 heavy (non-hydrogen) atoms. The molecule has 1 aliphatic carbocycles. The van der Waals surface area contributed by atoms with E-state index in [2.05, 4.69) is 32.2 Å². The Kier molecular flexibility index (Phi) is 6.00. The summed E-state index contributed by atoms with van der Waals surface area (Å²) in [5.74, 6) is 0.760. The molecule has 0 radical (unpaired) electrons. The molecule has 0 aromatic carbocycles. The summed E-state index contributed by atoms with van der Waals surface area (Å²) >= 11 is 0. The van der Waals surface area contributed by atoms with Crippen molar-refractivity contribution in [1.29, 1.82) is 0 Å². The highest BCUT2D eigenvalue weighted by atomic mass is 14.9. The summed E-state index contributed by atoms with van der Waals surface area (Å²) in [6.07, 6.45) is 10.5. The second-order valence-corrected chi connectivity index (χ2v) is 5.07. The maximum absolute atomic E-state index is 3.68. The molecule has 0 saturated carbocycles. The van der Waals surface area contributed by atoms with Gasteiger partial charge < -0.3 is 5.32 Å². The van der Waals surface area contributed by atoms with E-state index in [0.717, 1.165) is 5.92 Å². The van der Waals surface area contributed by atoms with Crippen LogP contribution in [0.1, 0.15) is 59.3 Å². The molecule has 1 aliphatic rings. The highest BCUT2D eigenvalue weighted by Crippen LogP contribution is 2.19. The van der Waals surface area contributed by atoms with Crippen molar-refractivity contribution in [3.8, 4) is 0 Å². The van der Waals surface area contributed by atoms with Gasteiger partial charge in [0.1, 0.15) is 0 Å². The average molecular weight is 209 g/mol. The van der Waals surface area contributed by atoms with Crippen LogP contribution < -0.4 is 5.32 Å². The van der Waals surface area contributed by atoms with Crippen molar-refractivity contribution in [3.63, 3.8) is 0 Å². The van der Waals surface area contributed by atoms with E-state index in [0.29, 0.717) is 6.04 Å². The van der Waals surface area contributed by atoms with Gasteiger partial charge in [0.25, 0.3) is 0 Å². The number of rotatable bonds is 6. The summed E-state index contributed by atoms with van der Waals surface area (Å²) in [6.45, 7) is 8.06. The standard InChI is InChI=1S/C14H27N/c1-4-14(12(2)3)15-11-10-13-8-6-5-7-9-13/h8,12,14-15H,4-7,9-11H2,1-3H3/t14-/m1/s1. The van der Waals surface area contributed by atoms with E-state index in [1.54, 1.807) is 5.57 Å². The van der Waals surface area contributed by atoms with Gasteiger partial charge in [0, 0.05) is 6.04 Å². The molecule has 1 rings (SSSR count). The number of allylic oxidation sites excluding steroid dienone is 1. The summed E-state index contributed by atoms with van der Waals surface area (Å²) in [4.78, 5) is 0. The molecular weight excluding hydrogens is 182 g/mol. The van der Waals surface area contributed by atoms with Gasteiger partial charge in [0.05, 0.1) is 0 Å². The lowest BCUT2D eigenvalue weighted by molar-refractivity contribution is 0.390. The third kappa shape index (κ3) is 4.83. The minimum Gasteiger partial charge on any atom is -0.313 e. The Labute approximate surface area is 95.3 Å². The molecule has 0 heterocycles. The highest BCUT2D eigenvalue weighted by Gasteiger charge is 2.10. The van der Waals surface area contributed by atoms with Crippen LogP contribution in [0.5, 0.6) is 0 Å². The molecule has 1 nitrogen and oxygen atoms in total. The lowest BCUT2D eigenvalue weighted by atomic mass is 9.96. The molecule has 0 amide bonds. The second kappa shape index (κ2) is 7.05. The zero-order valence-corrected chi connectivity index (χ0v) is 10.7. The lowest BCUT2D eigenvalue weighted by Gasteiger charge is -2.21. The predicted molar refractivity (Wildman–Crippen MR) is 68.1 cm³/mol. The molecule has 0 aromatic heterocycles. The van der Waals surface area contributed by atoms with Gasteiger partial charge >= 0.3 is 0 Å². The third-order valence-electron chi connectivity index (χ3n) is 3.48. The largest absolute Gasteiger partial charge is 0.313 e. The summed E-state index contributed by atoms with van der Waals surface area (Å²) < 4.78 is 0. The number of nitrogens with one attached hydrogen (secondary N) is 1. The first-order valence-corrected chi connectivity index (χ1v) is 6.65. The first-order chi connectivity index (χ1) is 7.24. The van der Waals surface area contributed by atoms with Crippen LogP contribution in [0.3, 0.4) is 0 Å². The second-order valence-electron chi connectivity index (χ2n) is 5.07. The van der Waals surface area contributed by atoms with Gasteiger partial charge in [-0.05, 0) is 51.0 Å². The zero-order valence-electron chi connectivity index (χ0n) is 10.7. The fourth-order valence-electron chi connectivity index (χ4n) is 2.40. The smallest absolute Gasteiger partial charge is 0.00875 e. The zero-order chi connectivity index (χ0) is 11.1. The Balaban J connectivity index is 2.16. The average Bonchev–Trinajstić information content (AvgIpc) is 2.25. The van der Waals surface area contributed by atoms with Crippen molar-refractivity contribution >= 4 is 0 Å². The molecule has 1 heteroatoms. The highest BCUT2D eigenvalue weighted by molar-refractivity contribution is 5.05. The first-order valence-electron chi connectivity index (χ1n) is 6.65. The van der Waals surface area contributed by atoms with Crippen LogP contribution in [-0.2, 0) is 0 Å². The van der Waals surface area contributed by atoms with E-state index in [-0.39, 0.29) is 0 Å². The summed E-state index contributed by atoms with van der Waals surface area (Å²) in [5.41, 5.74) is 1.69. The topological polar surface area (TPSA) is 12.0 Å². The van der Waals surface area contributed by atoms with Crippen LogP contribution in [0.25, 0.3) is 0 Å². The van der Waals surface area contributed by atoms with E-state index in [4.69, 9.17) is 0 Å². The van der Waals surface area contributed by atoms with Gasteiger partial charge in [0.15, 0.2) is 0 Å². The number of hydrogen-bond donors (Lipinski definition) is 1. The fourth-order valence-corrected chi connectivity index (χ4v) is 2.40. The Bertz CT molecular complexity index is 194. The maximum Gasteiger partial charge on any atom is 0.00875 e. The van der Waals surface area contributed by atoms with Crippen molar-refractivity contribution in [2.75, 3.05) is 6.54 Å². The quantitative estimate of drug-likeness (QED) is 0.654. The van der Waals surface area contributed by atoms with Crippen molar-refractivity contribution < 1.29 is 0 Å². The minimum absolute atomic E-state index is 0.703. The fraction of sp³-hybridized carbons (Fsp3) is 0.857. The monoisotopic (exact) mass is 209 g/mol. The Morgan fingerprint density at radius 1 is 1.33 bits per heavy atom.